The van der Waals surface area contributed by atoms with E-state index in [9.17, 15) is 9.59 Å². The number of pyridine rings is 1. The minimum Gasteiger partial charge on any atom is -0.490 e. The molecular weight excluding hydrogens is 696 g/mol. The number of aromatic nitrogens is 2. The van der Waals surface area contributed by atoms with Crippen molar-refractivity contribution in [1.82, 2.24) is 25.5 Å². The lowest BCUT2D eigenvalue weighted by Gasteiger charge is -2.29. The van der Waals surface area contributed by atoms with Crippen LogP contribution < -0.4 is 32.6 Å². The Hall–Kier alpha value is -4.43. The highest BCUT2D eigenvalue weighted by atomic mass is 35.5. The standard InChI is InChI=1S/C39H45ClN8O3S/c1-48(39(50)33(43)21-42)35(19-26-22-46-34-7-3-2-6-30(26)34)37(49)47-23-31-29(24-8-10-27(11-9-24)51-28-14-17-44-18-15-28)12-13-32(40)36(31)52-38-25(20-41)5-4-16-45-38/h2-13,16,22,28,33,35,44,46H,14-15,17-21,23,41-43H2,1H3,(H,47,49)/t33-,35-/m0/s1. The zero-order chi connectivity index (χ0) is 36.6. The van der Waals surface area contributed by atoms with Gasteiger partial charge in [-0.3, -0.25) is 9.59 Å². The van der Waals surface area contributed by atoms with E-state index in [-0.39, 0.29) is 31.5 Å². The number of H-pyrrole nitrogens is 1. The van der Waals surface area contributed by atoms with Gasteiger partial charge in [-0.25, -0.2) is 4.98 Å². The second-order valence-electron chi connectivity index (χ2n) is 12.9. The average molecular weight is 741 g/mol. The molecular formula is C39H45ClN8O3S. The van der Waals surface area contributed by atoms with Crippen LogP contribution in [0, 0.1) is 0 Å². The third kappa shape index (κ3) is 8.60. The summed E-state index contributed by atoms with van der Waals surface area (Å²) in [5, 5.41) is 8.72. The molecule has 1 aliphatic rings. The first-order chi connectivity index (χ1) is 25.3. The quantitative estimate of drug-likeness (QED) is 0.0950. The number of para-hydroxylation sites is 1. The summed E-state index contributed by atoms with van der Waals surface area (Å²) >= 11 is 8.35. The smallest absolute Gasteiger partial charge is 0.243 e. The topological polar surface area (TPSA) is 177 Å². The number of benzene rings is 3. The molecule has 0 saturated carbocycles. The number of aromatic amines is 1. The van der Waals surface area contributed by atoms with Gasteiger partial charge in [0.15, 0.2) is 0 Å². The number of amides is 2. The molecule has 1 fully saturated rings. The molecule has 0 aliphatic carbocycles. The van der Waals surface area contributed by atoms with Crippen LogP contribution in [0.2, 0.25) is 5.02 Å². The number of rotatable bonds is 14. The number of carbonyl (C=O) groups excluding carboxylic acids is 2. The fourth-order valence-electron chi connectivity index (χ4n) is 6.47. The Morgan fingerprint density at radius 2 is 1.81 bits per heavy atom. The highest BCUT2D eigenvalue weighted by Crippen LogP contribution is 2.41. The summed E-state index contributed by atoms with van der Waals surface area (Å²) in [6, 6.07) is 21.6. The molecule has 0 unspecified atom stereocenters. The lowest BCUT2D eigenvalue weighted by atomic mass is 9.98. The largest absolute Gasteiger partial charge is 0.490 e. The average Bonchev–Trinajstić information content (AvgIpc) is 3.59. The number of halogens is 1. The maximum atomic E-state index is 14.3. The van der Waals surface area contributed by atoms with Crippen molar-refractivity contribution < 1.29 is 14.3 Å². The van der Waals surface area contributed by atoms with Crippen LogP contribution in [0.1, 0.15) is 29.5 Å². The Morgan fingerprint density at radius 3 is 2.56 bits per heavy atom. The highest BCUT2D eigenvalue weighted by molar-refractivity contribution is 7.99. The van der Waals surface area contributed by atoms with Gasteiger partial charge < -0.3 is 42.5 Å². The zero-order valence-electron chi connectivity index (χ0n) is 29.1. The lowest BCUT2D eigenvalue weighted by Crippen LogP contribution is -2.54. The molecule has 2 aromatic heterocycles. The summed E-state index contributed by atoms with van der Waals surface area (Å²) < 4.78 is 6.27. The first kappa shape index (κ1) is 37.3. The molecule has 0 radical (unpaired) electrons. The molecule has 6 rings (SSSR count). The summed E-state index contributed by atoms with van der Waals surface area (Å²) in [6.45, 7) is 2.26. The number of fused-ring (bicyclic) bond motifs is 1. The van der Waals surface area contributed by atoms with Gasteiger partial charge in [0, 0.05) is 61.3 Å². The van der Waals surface area contributed by atoms with Crippen molar-refractivity contribution >= 4 is 46.1 Å². The van der Waals surface area contributed by atoms with Crippen LogP contribution in [0.25, 0.3) is 22.0 Å². The summed E-state index contributed by atoms with van der Waals surface area (Å²) in [5.41, 5.74) is 23.2. The fraction of sp³-hybridized carbons (Fsp3) is 0.308. The van der Waals surface area contributed by atoms with Crippen LogP contribution in [0.15, 0.2) is 95.1 Å². The van der Waals surface area contributed by atoms with Crippen LogP contribution in [0.4, 0.5) is 0 Å². The first-order valence-corrected chi connectivity index (χ1v) is 18.6. The van der Waals surface area contributed by atoms with E-state index in [1.165, 1.54) is 16.7 Å². The Labute approximate surface area is 313 Å². The Morgan fingerprint density at radius 1 is 1.04 bits per heavy atom. The number of nitrogens with one attached hydrogen (secondary N) is 3. The van der Waals surface area contributed by atoms with Crippen LogP contribution >= 0.6 is 23.4 Å². The Kier molecular flexibility index (Phi) is 12.5. The normalized spacial score (nSPS) is 14.6. The third-order valence-corrected chi connectivity index (χ3v) is 11.1. The monoisotopic (exact) mass is 740 g/mol. The molecule has 52 heavy (non-hydrogen) atoms. The van der Waals surface area contributed by atoms with E-state index < -0.39 is 18.0 Å². The summed E-state index contributed by atoms with van der Waals surface area (Å²) in [7, 11) is 1.59. The highest BCUT2D eigenvalue weighted by Gasteiger charge is 2.31. The predicted octanol–water partition coefficient (Wildman–Crippen LogP) is 4.60. The number of likely N-dealkylation sites (N-methyl/N-ethyl adjacent to an activating group) is 1. The van der Waals surface area contributed by atoms with Crippen molar-refractivity contribution in [1.29, 1.82) is 0 Å². The molecule has 5 aromatic rings. The van der Waals surface area contributed by atoms with Gasteiger partial charge in [0.2, 0.25) is 11.8 Å². The van der Waals surface area contributed by atoms with Gasteiger partial charge in [-0.2, -0.15) is 0 Å². The second kappa shape index (κ2) is 17.4. The van der Waals surface area contributed by atoms with E-state index in [4.69, 9.17) is 33.5 Å². The van der Waals surface area contributed by atoms with Gasteiger partial charge in [0.25, 0.3) is 0 Å². The van der Waals surface area contributed by atoms with Crippen molar-refractivity contribution in [2.24, 2.45) is 17.2 Å². The molecule has 3 heterocycles. The summed E-state index contributed by atoms with van der Waals surface area (Å²) in [5.74, 6) is 0.0375. The molecule has 13 heteroatoms. The molecule has 1 saturated heterocycles. The van der Waals surface area contributed by atoms with Gasteiger partial charge >= 0.3 is 0 Å². The van der Waals surface area contributed by atoms with Crippen LogP contribution in [-0.4, -0.2) is 71.6 Å². The number of hydrogen-bond donors (Lipinski definition) is 6. The van der Waals surface area contributed by atoms with Crippen LogP contribution in [0.5, 0.6) is 5.75 Å². The number of nitrogens with zero attached hydrogens (tertiary/aromatic N) is 2. The molecule has 11 nitrogen and oxygen atoms in total. The molecule has 2 atom stereocenters. The van der Waals surface area contributed by atoms with E-state index in [1.807, 2.05) is 79.0 Å². The van der Waals surface area contributed by atoms with Crippen LogP contribution in [-0.2, 0) is 29.1 Å². The van der Waals surface area contributed by atoms with Gasteiger partial charge in [0.1, 0.15) is 22.9 Å². The fourth-order valence-corrected chi connectivity index (χ4v) is 7.82. The first-order valence-electron chi connectivity index (χ1n) is 17.4. The molecule has 2 amide bonds. The molecule has 9 N–H and O–H groups in total. The second-order valence-corrected chi connectivity index (χ2v) is 14.3. The van der Waals surface area contributed by atoms with E-state index in [1.54, 1.807) is 13.2 Å². The van der Waals surface area contributed by atoms with E-state index in [0.29, 0.717) is 11.6 Å². The molecule has 1 aliphatic heterocycles. The SMILES string of the molecule is CN(C(=O)[C@@H](N)CN)[C@@H](Cc1c[nH]c2ccccc12)C(=O)NCc1c(-c2ccc(OC3CCNCC3)cc2)ccc(Cl)c1Sc1ncccc1CN. The minimum atomic E-state index is -0.942. The Balaban J connectivity index is 1.34. The van der Waals surface area contributed by atoms with Gasteiger partial charge in [-0.15, -0.1) is 0 Å². The number of piperidine rings is 1. The van der Waals surface area contributed by atoms with Crippen molar-refractivity contribution in [3.8, 4) is 16.9 Å². The zero-order valence-corrected chi connectivity index (χ0v) is 30.7. The minimum absolute atomic E-state index is 0.0446. The van der Waals surface area contributed by atoms with Gasteiger partial charge in [-0.1, -0.05) is 65.8 Å². The maximum Gasteiger partial charge on any atom is 0.243 e. The number of nitrogens with two attached hydrogens (primary N) is 3. The van der Waals surface area contributed by atoms with Gasteiger partial charge in [0.05, 0.1) is 11.1 Å². The van der Waals surface area contributed by atoms with E-state index in [2.05, 4.69) is 20.6 Å². The number of carbonyl (C=O) groups is 2. The lowest BCUT2D eigenvalue weighted by molar-refractivity contribution is -0.139. The maximum absolute atomic E-state index is 14.3. The van der Waals surface area contributed by atoms with E-state index >= 15 is 0 Å². The molecule has 0 spiro atoms. The number of hydrogen-bond acceptors (Lipinski definition) is 9. The molecule has 0 bridgehead atoms. The molecule has 272 valence electrons. The molecule has 3 aromatic carbocycles. The predicted molar refractivity (Wildman–Crippen MR) is 207 cm³/mol. The van der Waals surface area contributed by atoms with Crippen molar-refractivity contribution in [3.05, 3.63) is 107 Å². The van der Waals surface area contributed by atoms with Crippen molar-refractivity contribution in [3.63, 3.8) is 0 Å². The third-order valence-electron chi connectivity index (χ3n) is 9.45. The summed E-state index contributed by atoms with van der Waals surface area (Å²) in [6.07, 6.45) is 5.94. The van der Waals surface area contributed by atoms with E-state index in [0.717, 1.165) is 80.3 Å². The van der Waals surface area contributed by atoms with Crippen molar-refractivity contribution in [2.45, 2.75) is 60.5 Å². The van der Waals surface area contributed by atoms with Gasteiger partial charge in [-0.05, 0) is 84.1 Å². The van der Waals surface area contributed by atoms with Crippen LogP contribution in [0.3, 0.4) is 0 Å². The summed E-state index contributed by atoms with van der Waals surface area (Å²) in [4.78, 5) is 37.6. The van der Waals surface area contributed by atoms with Crippen molar-refractivity contribution in [2.75, 3.05) is 26.7 Å². The number of ether oxygens (including phenoxy) is 1. The Bertz CT molecular complexity index is 2000.